The molecular weight excluding hydrogens is 276 g/mol. The second-order valence-corrected chi connectivity index (χ2v) is 5.98. The number of rotatable bonds is 7. The minimum atomic E-state index is -0.000366. The predicted molar refractivity (Wildman–Crippen MR) is 85.0 cm³/mol. The largest absolute Gasteiger partial charge is 0.373 e. The van der Waals surface area contributed by atoms with Crippen LogP contribution in [0.4, 0.5) is 0 Å². The lowest BCUT2D eigenvalue weighted by atomic mass is 9.86. The van der Waals surface area contributed by atoms with E-state index in [0.717, 1.165) is 5.56 Å². The summed E-state index contributed by atoms with van der Waals surface area (Å²) in [5.41, 5.74) is 1.75. The zero-order valence-electron chi connectivity index (χ0n) is 12.9. The average Bonchev–Trinajstić information content (AvgIpc) is 2.99. The van der Waals surface area contributed by atoms with E-state index in [4.69, 9.17) is 4.74 Å². The Hall–Kier alpha value is -1.94. The van der Waals surface area contributed by atoms with Crippen molar-refractivity contribution >= 4 is 5.78 Å². The van der Waals surface area contributed by atoms with Crippen molar-refractivity contribution in [2.75, 3.05) is 13.2 Å². The molecule has 1 aromatic heterocycles. The van der Waals surface area contributed by atoms with Crippen molar-refractivity contribution < 1.29 is 9.53 Å². The first-order valence-electron chi connectivity index (χ1n) is 7.95. The minimum absolute atomic E-state index is 0.000366. The van der Waals surface area contributed by atoms with Gasteiger partial charge in [0, 0.05) is 6.20 Å². The number of hydrogen-bond donors (Lipinski definition) is 0. The van der Waals surface area contributed by atoms with Gasteiger partial charge in [-0.05, 0) is 37.3 Å². The molecule has 2 aromatic rings. The SMILES string of the molecule is C[C@H](c1ccccc1)n1nccc1C(=O)COCC1CCC1. The molecule has 0 amide bonds. The summed E-state index contributed by atoms with van der Waals surface area (Å²) in [6, 6.07) is 11.9. The lowest BCUT2D eigenvalue weighted by Gasteiger charge is -2.24. The molecule has 4 heteroatoms. The predicted octanol–water partition coefficient (Wildman–Crippen LogP) is 3.49. The Bertz CT molecular complexity index is 617. The van der Waals surface area contributed by atoms with E-state index >= 15 is 0 Å². The number of carbonyl (C=O) groups is 1. The van der Waals surface area contributed by atoms with Gasteiger partial charge in [-0.1, -0.05) is 36.8 Å². The molecular formula is C18H22N2O2. The van der Waals surface area contributed by atoms with Gasteiger partial charge in [-0.3, -0.25) is 9.48 Å². The third-order valence-electron chi connectivity index (χ3n) is 4.42. The van der Waals surface area contributed by atoms with Crippen LogP contribution in [0.25, 0.3) is 0 Å². The van der Waals surface area contributed by atoms with Gasteiger partial charge in [-0.2, -0.15) is 5.10 Å². The fraction of sp³-hybridized carbons (Fsp3) is 0.444. The molecule has 0 radical (unpaired) electrons. The van der Waals surface area contributed by atoms with Crippen LogP contribution in [0.2, 0.25) is 0 Å². The van der Waals surface area contributed by atoms with E-state index in [2.05, 4.69) is 5.10 Å². The van der Waals surface area contributed by atoms with E-state index in [1.165, 1.54) is 19.3 Å². The molecule has 0 bridgehead atoms. The quantitative estimate of drug-likeness (QED) is 0.735. The molecule has 1 heterocycles. The van der Waals surface area contributed by atoms with Gasteiger partial charge in [0.15, 0.2) is 0 Å². The maximum Gasteiger partial charge on any atom is 0.206 e. The Balaban J connectivity index is 1.64. The Morgan fingerprint density at radius 3 is 2.77 bits per heavy atom. The van der Waals surface area contributed by atoms with Crippen molar-refractivity contribution in [3.05, 3.63) is 53.9 Å². The van der Waals surface area contributed by atoms with Gasteiger partial charge >= 0.3 is 0 Å². The number of ether oxygens (including phenoxy) is 1. The van der Waals surface area contributed by atoms with Gasteiger partial charge in [0.2, 0.25) is 5.78 Å². The van der Waals surface area contributed by atoms with Crippen LogP contribution >= 0.6 is 0 Å². The Morgan fingerprint density at radius 1 is 1.32 bits per heavy atom. The second-order valence-electron chi connectivity index (χ2n) is 5.98. The molecule has 0 spiro atoms. The normalized spacial score (nSPS) is 16.2. The summed E-state index contributed by atoms with van der Waals surface area (Å²) in [7, 11) is 0. The number of benzene rings is 1. The van der Waals surface area contributed by atoms with Crippen LogP contribution in [0.3, 0.4) is 0 Å². The topological polar surface area (TPSA) is 44.1 Å². The van der Waals surface area contributed by atoms with E-state index in [0.29, 0.717) is 18.2 Å². The van der Waals surface area contributed by atoms with Gasteiger partial charge in [-0.15, -0.1) is 0 Å². The number of ketones is 1. The third kappa shape index (κ3) is 3.28. The van der Waals surface area contributed by atoms with Crippen molar-refractivity contribution in [2.45, 2.75) is 32.2 Å². The van der Waals surface area contributed by atoms with Crippen molar-refractivity contribution in [1.29, 1.82) is 0 Å². The summed E-state index contributed by atoms with van der Waals surface area (Å²) in [4.78, 5) is 12.4. The molecule has 0 unspecified atom stereocenters. The summed E-state index contributed by atoms with van der Waals surface area (Å²) in [5.74, 6) is 0.653. The average molecular weight is 298 g/mol. The highest BCUT2D eigenvalue weighted by atomic mass is 16.5. The first-order valence-corrected chi connectivity index (χ1v) is 7.95. The number of carbonyl (C=O) groups excluding carboxylic acids is 1. The van der Waals surface area contributed by atoms with E-state index < -0.39 is 0 Å². The fourth-order valence-electron chi connectivity index (χ4n) is 2.77. The highest BCUT2D eigenvalue weighted by molar-refractivity contribution is 5.95. The van der Waals surface area contributed by atoms with Crippen LogP contribution in [0, 0.1) is 5.92 Å². The van der Waals surface area contributed by atoms with E-state index in [-0.39, 0.29) is 18.4 Å². The summed E-state index contributed by atoms with van der Waals surface area (Å²) in [6.45, 7) is 2.89. The zero-order chi connectivity index (χ0) is 15.4. The molecule has 1 aliphatic carbocycles. The summed E-state index contributed by atoms with van der Waals surface area (Å²) < 4.78 is 7.36. The first-order chi connectivity index (χ1) is 10.8. The van der Waals surface area contributed by atoms with Crippen LogP contribution in [0.15, 0.2) is 42.6 Å². The van der Waals surface area contributed by atoms with E-state index in [9.17, 15) is 4.79 Å². The van der Waals surface area contributed by atoms with Gasteiger partial charge < -0.3 is 4.74 Å². The highest BCUT2D eigenvalue weighted by Gasteiger charge is 2.20. The monoisotopic (exact) mass is 298 g/mol. The molecule has 4 nitrogen and oxygen atoms in total. The molecule has 116 valence electrons. The third-order valence-corrected chi connectivity index (χ3v) is 4.42. The summed E-state index contributed by atoms with van der Waals surface area (Å²) >= 11 is 0. The highest BCUT2D eigenvalue weighted by Crippen LogP contribution is 2.26. The van der Waals surface area contributed by atoms with Gasteiger partial charge in [0.1, 0.15) is 12.3 Å². The lowest BCUT2D eigenvalue weighted by Crippen LogP contribution is -2.22. The molecule has 1 saturated carbocycles. The molecule has 0 aliphatic heterocycles. The molecule has 0 saturated heterocycles. The van der Waals surface area contributed by atoms with Gasteiger partial charge in [0.05, 0.1) is 12.6 Å². The first kappa shape index (κ1) is 15.0. The van der Waals surface area contributed by atoms with Crippen molar-refractivity contribution in [3.8, 4) is 0 Å². The van der Waals surface area contributed by atoms with Gasteiger partial charge in [0.25, 0.3) is 0 Å². The Morgan fingerprint density at radius 2 is 2.09 bits per heavy atom. The maximum atomic E-state index is 12.4. The minimum Gasteiger partial charge on any atom is -0.373 e. The van der Waals surface area contributed by atoms with Crippen LogP contribution in [0.1, 0.15) is 48.3 Å². The van der Waals surface area contributed by atoms with Crippen molar-refractivity contribution in [1.82, 2.24) is 9.78 Å². The Kier molecular flexibility index (Phi) is 4.68. The molecule has 3 rings (SSSR count). The molecule has 0 N–H and O–H groups in total. The number of Topliss-reactive ketones (excluding diaryl/α,β-unsaturated/α-hetero) is 1. The molecule has 1 aromatic carbocycles. The van der Waals surface area contributed by atoms with Crippen LogP contribution in [-0.4, -0.2) is 28.8 Å². The molecule has 1 atom stereocenters. The van der Waals surface area contributed by atoms with Crippen molar-refractivity contribution in [2.24, 2.45) is 5.92 Å². The van der Waals surface area contributed by atoms with E-state index in [1.807, 2.05) is 37.3 Å². The number of aromatic nitrogens is 2. The number of hydrogen-bond acceptors (Lipinski definition) is 3. The second kappa shape index (κ2) is 6.88. The smallest absolute Gasteiger partial charge is 0.206 e. The fourth-order valence-corrected chi connectivity index (χ4v) is 2.77. The zero-order valence-corrected chi connectivity index (χ0v) is 12.9. The van der Waals surface area contributed by atoms with Crippen LogP contribution in [0.5, 0.6) is 0 Å². The summed E-state index contributed by atoms with van der Waals surface area (Å²) in [5, 5.41) is 4.32. The standard InChI is InChI=1S/C18H22N2O2/c1-14(16-8-3-2-4-9-16)20-17(10-11-19-20)18(21)13-22-12-15-6-5-7-15/h2-4,8-11,14-15H,5-7,12-13H2,1H3/t14-/m1/s1. The molecule has 1 fully saturated rings. The number of nitrogens with zero attached hydrogens (tertiary/aromatic N) is 2. The molecule has 22 heavy (non-hydrogen) atoms. The maximum absolute atomic E-state index is 12.4. The van der Waals surface area contributed by atoms with Crippen molar-refractivity contribution in [3.63, 3.8) is 0 Å². The van der Waals surface area contributed by atoms with Crippen LogP contribution in [-0.2, 0) is 4.74 Å². The van der Waals surface area contributed by atoms with Gasteiger partial charge in [-0.25, -0.2) is 0 Å². The van der Waals surface area contributed by atoms with E-state index in [1.54, 1.807) is 16.9 Å². The lowest BCUT2D eigenvalue weighted by molar-refractivity contribution is 0.0553. The molecule has 1 aliphatic rings. The Labute approximate surface area is 131 Å². The summed E-state index contributed by atoms with van der Waals surface area (Å²) in [6.07, 6.45) is 5.44. The van der Waals surface area contributed by atoms with Crippen LogP contribution < -0.4 is 0 Å².